The van der Waals surface area contributed by atoms with Gasteiger partial charge in [0.1, 0.15) is 5.82 Å². The number of hydrazone groups is 1. The molecule has 0 spiro atoms. The number of nitrogens with zero attached hydrogens (tertiary/aromatic N) is 2. The van der Waals surface area contributed by atoms with E-state index in [0.29, 0.717) is 10.6 Å². The van der Waals surface area contributed by atoms with Crippen molar-refractivity contribution in [2.24, 2.45) is 10.8 Å². The predicted octanol–water partition coefficient (Wildman–Crippen LogP) is 1.21. The monoisotopic (exact) mass is 236 g/mol. The Labute approximate surface area is 98.2 Å². The van der Waals surface area contributed by atoms with E-state index in [1.165, 1.54) is 19.2 Å². The first-order chi connectivity index (χ1) is 7.93. The number of hydrogen-bond donors (Lipinski definition) is 2. The van der Waals surface area contributed by atoms with Gasteiger partial charge in [0.2, 0.25) is 11.9 Å². The standard InChI is InChI=1S/C11H13FN4O/c1-7-4-3-5-10(12)9(7)6-15-16(8(2)17)11(13)14/h3-6H,1-2H3,(H3,13,14)/b15-6+. The third kappa shape index (κ3) is 3.10. The number of guanidine groups is 1. The van der Waals surface area contributed by atoms with Crippen LogP contribution in [0.2, 0.25) is 0 Å². The largest absolute Gasteiger partial charge is 0.368 e. The lowest BCUT2D eigenvalue weighted by Crippen LogP contribution is -2.35. The summed E-state index contributed by atoms with van der Waals surface area (Å²) in [6.45, 7) is 2.93. The van der Waals surface area contributed by atoms with Crippen molar-refractivity contribution >= 4 is 18.1 Å². The molecule has 3 N–H and O–H groups in total. The van der Waals surface area contributed by atoms with Crippen molar-refractivity contribution in [2.75, 3.05) is 0 Å². The molecule has 1 amide bonds. The van der Waals surface area contributed by atoms with Gasteiger partial charge in [-0.3, -0.25) is 10.2 Å². The first-order valence-corrected chi connectivity index (χ1v) is 4.87. The van der Waals surface area contributed by atoms with Gasteiger partial charge in [0, 0.05) is 12.5 Å². The average molecular weight is 236 g/mol. The number of aryl methyl sites for hydroxylation is 1. The lowest BCUT2D eigenvalue weighted by molar-refractivity contribution is -0.125. The molecule has 0 heterocycles. The van der Waals surface area contributed by atoms with Crippen molar-refractivity contribution in [3.05, 3.63) is 35.1 Å². The van der Waals surface area contributed by atoms with Crippen molar-refractivity contribution in [1.82, 2.24) is 5.01 Å². The van der Waals surface area contributed by atoms with Crippen LogP contribution in [0.15, 0.2) is 23.3 Å². The number of carbonyl (C=O) groups is 1. The van der Waals surface area contributed by atoms with E-state index in [0.717, 1.165) is 0 Å². The zero-order chi connectivity index (χ0) is 13.0. The van der Waals surface area contributed by atoms with Crippen LogP contribution in [0.1, 0.15) is 18.1 Å². The van der Waals surface area contributed by atoms with E-state index in [-0.39, 0.29) is 5.56 Å². The van der Waals surface area contributed by atoms with E-state index < -0.39 is 17.7 Å². The van der Waals surface area contributed by atoms with Gasteiger partial charge in [-0.15, -0.1) is 0 Å². The van der Waals surface area contributed by atoms with Crippen LogP contribution in [0.25, 0.3) is 0 Å². The van der Waals surface area contributed by atoms with Crippen molar-refractivity contribution in [2.45, 2.75) is 13.8 Å². The fraction of sp³-hybridized carbons (Fsp3) is 0.182. The molecule has 0 aliphatic heterocycles. The molecule has 0 bridgehead atoms. The number of amides is 1. The summed E-state index contributed by atoms with van der Waals surface area (Å²) in [5, 5.41) is 11.5. The van der Waals surface area contributed by atoms with E-state index in [2.05, 4.69) is 5.10 Å². The molecule has 0 saturated heterocycles. The van der Waals surface area contributed by atoms with Gasteiger partial charge < -0.3 is 5.73 Å². The highest BCUT2D eigenvalue weighted by Crippen LogP contribution is 2.10. The van der Waals surface area contributed by atoms with Gasteiger partial charge in [-0.25, -0.2) is 4.39 Å². The molecule has 0 aliphatic carbocycles. The van der Waals surface area contributed by atoms with Crippen LogP contribution < -0.4 is 5.73 Å². The van der Waals surface area contributed by atoms with Crippen LogP contribution in [0.5, 0.6) is 0 Å². The number of nitrogens with two attached hydrogens (primary N) is 1. The van der Waals surface area contributed by atoms with Gasteiger partial charge >= 0.3 is 0 Å². The quantitative estimate of drug-likeness (QED) is 0.459. The Hall–Kier alpha value is -2.24. The minimum atomic E-state index is -0.511. The van der Waals surface area contributed by atoms with Crippen molar-refractivity contribution in [3.8, 4) is 0 Å². The molecule has 0 fully saturated rings. The summed E-state index contributed by atoms with van der Waals surface area (Å²) < 4.78 is 13.4. The minimum absolute atomic E-state index is 0.264. The summed E-state index contributed by atoms with van der Waals surface area (Å²) in [6, 6.07) is 4.59. The molecule has 1 rings (SSSR count). The summed E-state index contributed by atoms with van der Waals surface area (Å²) in [5.41, 5.74) is 6.10. The predicted molar refractivity (Wildman–Crippen MR) is 63.2 cm³/mol. The second-order valence-electron chi connectivity index (χ2n) is 3.43. The SMILES string of the molecule is CC(=O)N(/N=C/c1c(C)cccc1F)C(=N)N. The Morgan fingerprint density at radius 3 is 2.71 bits per heavy atom. The van der Waals surface area contributed by atoms with Crippen LogP contribution in [0.3, 0.4) is 0 Å². The zero-order valence-electron chi connectivity index (χ0n) is 9.57. The number of benzene rings is 1. The Morgan fingerprint density at radius 1 is 1.59 bits per heavy atom. The molecule has 0 aliphatic rings. The Balaban J connectivity index is 3.04. The molecule has 1 aromatic carbocycles. The van der Waals surface area contributed by atoms with Crippen molar-refractivity contribution < 1.29 is 9.18 Å². The topological polar surface area (TPSA) is 82.5 Å². The third-order valence-electron chi connectivity index (χ3n) is 2.10. The lowest BCUT2D eigenvalue weighted by Gasteiger charge is -2.11. The van der Waals surface area contributed by atoms with Crippen LogP contribution in [0, 0.1) is 18.2 Å². The van der Waals surface area contributed by atoms with Crippen molar-refractivity contribution in [3.63, 3.8) is 0 Å². The number of halogens is 1. The first kappa shape index (κ1) is 12.8. The summed E-state index contributed by atoms with van der Waals surface area (Å²) in [7, 11) is 0. The number of nitrogens with one attached hydrogen (secondary N) is 1. The molecule has 0 atom stereocenters. The number of rotatable bonds is 2. The molecule has 0 radical (unpaired) electrons. The van der Waals surface area contributed by atoms with E-state index >= 15 is 0 Å². The molecular weight excluding hydrogens is 223 g/mol. The number of carbonyl (C=O) groups excluding carboxylic acids is 1. The Bertz CT molecular complexity index is 450. The maximum absolute atomic E-state index is 13.4. The highest BCUT2D eigenvalue weighted by Gasteiger charge is 2.10. The van der Waals surface area contributed by atoms with Gasteiger partial charge in [0.25, 0.3) is 0 Å². The molecule has 0 unspecified atom stereocenters. The highest BCUT2D eigenvalue weighted by molar-refractivity contribution is 5.95. The molecule has 17 heavy (non-hydrogen) atoms. The van der Waals surface area contributed by atoms with Crippen LogP contribution >= 0.6 is 0 Å². The number of hydrogen-bond acceptors (Lipinski definition) is 3. The van der Waals surface area contributed by atoms with Gasteiger partial charge in [-0.1, -0.05) is 12.1 Å². The Morgan fingerprint density at radius 2 is 2.24 bits per heavy atom. The fourth-order valence-electron chi connectivity index (χ4n) is 1.24. The Kier molecular flexibility index (Phi) is 3.92. The molecule has 90 valence electrons. The normalized spacial score (nSPS) is 10.5. The van der Waals surface area contributed by atoms with Gasteiger partial charge in [-0.2, -0.15) is 10.1 Å². The van der Waals surface area contributed by atoms with Gasteiger partial charge in [0.15, 0.2) is 0 Å². The van der Waals surface area contributed by atoms with Gasteiger partial charge in [-0.05, 0) is 18.6 Å². The fourth-order valence-corrected chi connectivity index (χ4v) is 1.24. The first-order valence-electron chi connectivity index (χ1n) is 4.87. The highest BCUT2D eigenvalue weighted by atomic mass is 19.1. The summed E-state index contributed by atoms with van der Waals surface area (Å²) >= 11 is 0. The molecule has 6 heteroatoms. The van der Waals surface area contributed by atoms with E-state index in [9.17, 15) is 9.18 Å². The van der Waals surface area contributed by atoms with Gasteiger partial charge in [0.05, 0.1) is 6.21 Å². The third-order valence-corrected chi connectivity index (χ3v) is 2.10. The summed E-state index contributed by atoms with van der Waals surface area (Å²) in [6.07, 6.45) is 1.17. The maximum atomic E-state index is 13.4. The van der Waals surface area contributed by atoms with Crippen LogP contribution in [0.4, 0.5) is 4.39 Å². The maximum Gasteiger partial charge on any atom is 0.246 e. The van der Waals surface area contributed by atoms with Crippen molar-refractivity contribution in [1.29, 1.82) is 5.41 Å². The average Bonchev–Trinajstić information content (AvgIpc) is 2.21. The smallest absolute Gasteiger partial charge is 0.246 e. The molecule has 0 saturated carbocycles. The van der Waals surface area contributed by atoms with Crippen LogP contribution in [-0.2, 0) is 4.79 Å². The van der Waals surface area contributed by atoms with E-state index in [1.807, 2.05) is 0 Å². The molecule has 5 nitrogen and oxygen atoms in total. The molecule has 0 aromatic heterocycles. The lowest BCUT2D eigenvalue weighted by atomic mass is 10.1. The van der Waals surface area contributed by atoms with E-state index in [4.69, 9.17) is 11.1 Å². The summed E-state index contributed by atoms with van der Waals surface area (Å²) in [5.74, 6) is -1.47. The second kappa shape index (κ2) is 5.20. The summed E-state index contributed by atoms with van der Waals surface area (Å²) in [4.78, 5) is 11.1. The molecule has 1 aromatic rings. The second-order valence-corrected chi connectivity index (χ2v) is 3.43. The van der Waals surface area contributed by atoms with E-state index in [1.54, 1.807) is 19.1 Å². The minimum Gasteiger partial charge on any atom is -0.368 e. The van der Waals surface area contributed by atoms with Crippen LogP contribution in [-0.4, -0.2) is 23.1 Å². The zero-order valence-corrected chi connectivity index (χ0v) is 9.57. The molecular formula is C11H13FN4O.